The van der Waals surface area contributed by atoms with Crippen LogP contribution in [0, 0.1) is 17.0 Å². The maximum absolute atomic E-state index is 13.1. The Kier molecular flexibility index (Phi) is 4.81. The van der Waals surface area contributed by atoms with Crippen molar-refractivity contribution in [3.8, 4) is 0 Å². The van der Waals surface area contributed by atoms with Gasteiger partial charge in [0.25, 0.3) is 5.91 Å². The molecule has 0 unspecified atom stereocenters. The number of benzene rings is 1. The third-order valence-electron chi connectivity index (χ3n) is 2.70. The van der Waals surface area contributed by atoms with Crippen LogP contribution in [0.4, 0.5) is 8.78 Å². The molecule has 0 aliphatic heterocycles. The largest absolute Gasteiger partial charge is 0.478 e. The molecule has 0 saturated carbocycles. The molecule has 110 valence electrons. The summed E-state index contributed by atoms with van der Waals surface area (Å²) in [6, 6.07) is 1.11. The zero-order chi connectivity index (χ0) is 15.5. The molecule has 2 N–H and O–H groups in total. The number of hydrogen-bond acceptors (Lipinski definition) is 2. The minimum Gasteiger partial charge on any atom is -0.478 e. The van der Waals surface area contributed by atoms with Crippen molar-refractivity contribution in [2.24, 2.45) is 5.41 Å². The van der Waals surface area contributed by atoms with Gasteiger partial charge in [-0.25, -0.2) is 13.6 Å². The van der Waals surface area contributed by atoms with Crippen molar-refractivity contribution < 1.29 is 23.5 Å². The zero-order valence-electron chi connectivity index (χ0n) is 11.6. The first kappa shape index (κ1) is 16.1. The SMILES string of the molecule is CC(C)(C)CCNC(=O)c1cc(F)c(F)cc1C(=O)O. The summed E-state index contributed by atoms with van der Waals surface area (Å²) in [7, 11) is 0. The second-order valence-corrected chi connectivity index (χ2v) is 5.68. The zero-order valence-corrected chi connectivity index (χ0v) is 11.6. The number of carbonyl (C=O) groups excluding carboxylic acids is 1. The first-order valence-corrected chi connectivity index (χ1v) is 6.12. The van der Waals surface area contributed by atoms with Crippen molar-refractivity contribution in [3.05, 3.63) is 34.9 Å². The Labute approximate surface area is 115 Å². The van der Waals surface area contributed by atoms with E-state index in [9.17, 15) is 18.4 Å². The molecule has 0 aliphatic carbocycles. The van der Waals surface area contributed by atoms with E-state index in [-0.39, 0.29) is 11.0 Å². The van der Waals surface area contributed by atoms with Gasteiger partial charge in [-0.3, -0.25) is 4.79 Å². The molecule has 1 aromatic carbocycles. The van der Waals surface area contributed by atoms with Crippen LogP contribution >= 0.6 is 0 Å². The van der Waals surface area contributed by atoms with Gasteiger partial charge in [0.2, 0.25) is 0 Å². The van der Waals surface area contributed by atoms with Gasteiger partial charge < -0.3 is 10.4 Å². The van der Waals surface area contributed by atoms with Gasteiger partial charge in [0.15, 0.2) is 11.6 Å². The molecule has 1 aromatic rings. The number of carbonyl (C=O) groups is 2. The molecule has 4 nitrogen and oxygen atoms in total. The van der Waals surface area contributed by atoms with Crippen molar-refractivity contribution >= 4 is 11.9 Å². The van der Waals surface area contributed by atoms with Gasteiger partial charge in [0, 0.05) is 6.54 Å². The molecule has 1 rings (SSSR count). The Morgan fingerprint density at radius 1 is 1.15 bits per heavy atom. The van der Waals surface area contributed by atoms with Crippen LogP contribution in [0.2, 0.25) is 0 Å². The van der Waals surface area contributed by atoms with Crippen LogP contribution in [0.1, 0.15) is 47.9 Å². The average molecular weight is 285 g/mol. The molecule has 0 atom stereocenters. The number of amides is 1. The molecule has 0 radical (unpaired) electrons. The highest BCUT2D eigenvalue weighted by atomic mass is 19.2. The Morgan fingerprint density at radius 3 is 2.10 bits per heavy atom. The van der Waals surface area contributed by atoms with Crippen LogP contribution in [-0.4, -0.2) is 23.5 Å². The third-order valence-corrected chi connectivity index (χ3v) is 2.70. The van der Waals surface area contributed by atoms with Crippen molar-refractivity contribution in [3.63, 3.8) is 0 Å². The van der Waals surface area contributed by atoms with E-state index in [1.54, 1.807) is 0 Å². The molecular weight excluding hydrogens is 268 g/mol. The van der Waals surface area contributed by atoms with Crippen LogP contribution in [0.5, 0.6) is 0 Å². The van der Waals surface area contributed by atoms with Crippen molar-refractivity contribution in [1.29, 1.82) is 0 Å². The Hall–Kier alpha value is -1.98. The van der Waals surface area contributed by atoms with Gasteiger partial charge in [-0.1, -0.05) is 20.8 Å². The fourth-order valence-electron chi connectivity index (χ4n) is 1.56. The lowest BCUT2D eigenvalue weighted by Gasteiger charge is -2.18. The van der Waals surface area contributed by atoms with Gasteiger partial charge in [-0.05, 0) is 24.0 Å². The molecule has 0 spiro atoms. The predicted molar refractivity (Wildman–Crippen MR) is 69.7 cm³/mol. The first-order valence-electron chi connectivity index (χ1n) is 6.12. The lowest BCUT2D eigenvalue weighted by molar-refractivity contribution is 0.0690. The molecule has 20 heavy (non-hydrogen) atoms. The van der Waals surface area contributed by atoms with Gasteiger partial charge in [-0.2, -0.15) is 0 Å². The number of carboxylic acids is 1. The maximum atomic E-state index is 13.1. The highest BCUT2D eigenvalue weighted by Gasteiger charge is 2.20. The van der Waals surface area contributed by atoms with Crippen molar-refractivity contribution in [1.82, 2.24) is 5.32 Å². The fraction of sp³-hybridized carbons (Fsp3) is 0.429. The van der Waals surface area contributed by atoms with E-state index in [1.807, 2.05) is 20.8 Å². The van der Waals surface area contributed by atoms with Crippen molar-refractivity contribution in [2.75, 3.05) is 6.54 Å². The van der Waals surface area contributed by atoms with Crippen LogP contribution in [0.3, 0.4) is 0 Å². The van der Waals surface area contributed by atoms with Crippen LogP contribution in [0.15, 0.2) is 12.1 Å². The summed E-state index contributed by atoms with van der Waals surface area (Å²) >= 11 is 0. The summed E-state index contributed by atoms with van der Waals surface area (Å²) in [6.07, 6.45) is 0.671. The lowest BCUT2D eigenvalue weighted by Crippen LogP contribution is -2.29. The monoisotopic (exact) mass is 285 g/mol. The topological polar surface area (TPSA) is 66.4 Å². The van der Waals surface area contributed by atoms with E-state index in [0.29, 0.717) is 25.1 Å². The molecule has 6 heteroatoms. The summed E-state index contributed by atoms with van der Waals surface area (Å²) in [4.78, 5) is 22.8. The summed E-state index contributed by atoms with van der Waals surface area (Å²) < 4.78 is 26.2. The van der Waals surface area contributed by atoms with Crippen LogP contribution in [0.25, 0.3) is 0 Å². The van der Waals surface area contributed by atoms with Crippen LogP contribution in [-0.2, 0) is 0 Å². The predicted octanol–water partition coefficient (Wildman–Crippen LogP) is 2.83. The molecule has 0 fully saturated rings. The number of hydrogen-bond donors (Lipinski definition) is 2. The molecule has 0 aromatic heterocycles. The molecule has 0 heterocycles. The summed E-state index contributed by atoms with van der Waals surface area (Å²) in [6.45, 7) is 6.28. The fourth-order valence-corrected chi connectivity index (χ4v) is 1.56. The third kappa shape index (κ3) is 4.29. The number of carboxylic acid groups (broad SMARTS) is 1. The second-order valence-electron chi connectivity index (χ2n) is 5.68. The minimum atomic E-state index is -1.48. The summed E-state index contributed by atoms with van der Waals surface area (Å²) in [5.74, 6) is -4.76. The smallest absolute Gasteiger partial charge is 0.336 e. The molecule has 0 bridgehead atoms. The van der Waals surface area contributed by atoms with E-state index in [1.165, 1.54) is 0 Å². The minimum absolute atomic E-state index is 0.00302. The average Bonchev–Trinajstić information content (AvgIpc) is 2.29. The highest BCUT2D eigenvalue weighted by molar-refractivity contribution is 6.04. The van der Waals surface area contributed by atoms with Crippen molar-refractivity contribution in [2.45, 2.75) is 27.2 Å². The quantitative estimate of drug-likeness (QED) is 0.894. The standard InChI is InChI=1S/C14H17F2NO3/c1-14(2,3)4-5-17-12(18)8-6-10(15)11(16)7-9(8)13(19)20/h6-7H,4-5H2,1-3H3,(H,17,18)(H,19,20). The van der Waals surface area contributed by atoms with Gasteiger partial charge in [0.1, 0.15) is 0 Å². The van der Waals surface area contributed by atoms with E-state index in [4.69, 9.17) is 5.11 Å². The summed E-state index contributed by atoms with van der Waals surface area (Å²) in [5, 5.41) is 11.4. The van der Waals surface area contributed by atoms with E-state index >= 15 is 0 Å². The Morgan fingerprint density at radius 2 is 1.65 bits per heavy atom. The molecular formula is C14H17F2NO3. The molecule has 1 amide bonds. The highest BCUT2D eigenvalue weighted by Crippen LogP contribution is 2.18. The lowest BCUT2D eigenvalue weighted by atomic mass is 9.92. The van der Waals surface area contributed by atoms with E-state index < -0.39 is 29.1 Å². The number of rotatable bonds is 4. The number of halogens is 2. The second kappa shape index (κ2) is 5.98. The van der Waals surface area contributed by atoms with Gasteiger partial charge >= 0.3 is 5.97 Å². The molecule has 0 saturated heterocycles. The van der Waals surface area contributed by atoms with E-state index in [0.717, 1.165) is 0 Å². The van der Waals surface area contributed by atoms with Gasteiger partial charge in [-0.15, -0.1) is 0 Å². The first-order chi connectivity index (χ1) is 9.11. The Balaban J connectivity index is 2.92. The van der Waals surface area contributed by atoms with E-state index in [2.05, 4.69) is 5.32 Å². The summed E-state index contributed by atoms with van der Waals surface area (Å²) in [5.41, 5.74) is -0.945. The normalized spacial score (nSPS) is 11.2. The molecule has 0 aliphatic rings. The number of nitrogens with one attached hydrogen (secondary N) is 1. The van der Waals surface area contributed by atoms with Crippen LogP contribution < -0.4 is 5.32 Å². The number of aromatic carboxylic acids is 1. The van der Waals surface area contributed by atoms with Gasteiger partial charge in [0.05, 0.1) is 11.1 Å². The maximum Gasteiger partial charge on any atom is 0.336 e. The Bertz CT molecular complexity index is 536.